The lowest BCUT2D eigenvalue weighted by Crippen LogP contribution is -2.39. The van der Waals surface area contributed by atoms with E-state index in [0.29, 0.717) is 18.1 Å². The van der Waals surface area contributed by atoms with Crippen LogP contribution in [0.5, 0.6) is 0 Å². The highest BCUT2D eigenvalue weighted by Gasteiger charge is 2.25. The summed E-state index contributed by atoms with van der Waals surface area (Å²) in [7, 11) is 0. The fourth-order valence-electron chi connectivity index (χ4n) is 2.94. The predicted octanol–water partition coefficient (Wildman–Crippen LogP) is 2.39. The zero-order valence-corrected chi connectivity index (χ0v) is 13.1. The molecular weight excluding hydrogens is 302 g/mol. The minimum atomic E-state index is -0.0474. The summed E-state index contributed by atoms with van der Waals surface area (Å²) in [6.45, 7) is 2.10. The van der Waals surface area contributed by atoms with E-state index in [9.17, 15) is 4.79 Å². The van der Waals surface area contributed by atoms with Gasteiger partial charge in [-0.3, -0.25) is 0 Å². The zero-order valence-electron chi connectivity index (χ0n) is 12.3. The van der Waals surface area contributed by atoms with E-state index in [4.69, 9.17) is 16.7 Å². The fourth-order valence-corrected chi connectivity index (χ4v) is 3.11. The molecule has 118 valence electrons. The molecule has 2 amide bonds. The maximum atomic E-state index is 12.1. The SMILES string of the molecule is O=C(NCCc1c[nH]c2ccc(Cl)cc12)N1CCC(CO)C1. The molecule has 3 rings (SSSR count). The Morgan fingerprint density at radius 1 is 1.50 bits per heavy atom. The number of aliphatic hydroxyl groups is 1. The number of carbonyl (C=O) groups excluding carboxylic acids is 1. The molecule has 3 N–H and O–H groups in total. The Morgan fingerprint density at radius 3 is 3.14 bits per heavy atom. The molecule has 5 nitrogen and oxygen atoms in total. The molecule has 1 aromatic heterocycles. The quantitative estimate of drug-likeness (QED) is 0.809. The highest BCUT2D eigenvalue weighted by molar-refractivity contribution is 6.31. The first-order chi connectivity index (χ1) is 10.7. The summed E-state index contributed by atoms with van der Waals surface area (Å²) >= 11 is 6.03. The van der Waals surface area contributed by atoms with Crippen LogP contribution in [0, 0.1) is 5.92 Å². The molecule has 1 fully saturated rings. The van der Waals surface area contributed by atoms with Gasteiger partial charge in [-0.25, -0.2) is 4.79 Å². The van der Waals surface area contributed by atoms with Gasteiger partial charge in [-0.2, -0.15) is 0 Å². The molecule has 1 unspecified atom stereocenters. The predicted molar refractivity (Wildman–Crippen MR) is 87.2 cm³/mol. The van der Waals surface area contributed by atoms with Crippen LogP contribution in [0.1, 0.15) is 12.0 Å². The van der Waals surface area contributed by atoms with Crippen LogP contribution >= 0.6 is 11.6 Å². The Balaban J connectivity index is 1.54. The summed E-state index contributed by atoms with van der Waals surface area (Å²) in [5, 5.41) is 13.9. The average Bonchev–Trinajstić information content (AvgIpc) is 3.14. The number of aromatic amines is 1. The molecule has 6 heteroatoms. The standard InChI is InChI=1S/C16H20ClN3O2/c17-13-1-2-15-14(7-13)12(8-19-15)3-5-18-16(22)20-6-4-11(9-20)10-21/h1-2,7-8,11,19,21H,3-6,9-10H2,(H,18,22). The smallest absolute Gasteiger partial charge is 0.317 e. The lowest BCUT2D eigenvalue weighted by atomic mass is 10.1. The molecule has 1 saturated heterocycles. The first-order valence-corrected chi connectivity index (χ1v) is 7.94. The summed E-state index contributed by atoms with van der Waals surface area (Å²) < 4.78 is 0. The van der Waals surface area contributed by atoms with Crippen molar-refractivity contribution < 1.29 is 9.90 Å². The highest BCUT2D eigenvalue weighted by Crippen LogP contribution is 2.22. The number of hydrogen-bond donors (Lipinski definition) is 3. The maximum Gasteiger partial charge on any atom is 0.317 e. The number of aliphatic hydroxyl groups excluding tert-OH is 1. The third-order valence-electron chi connectivity index (χ3n) is 4.23. The van der Waals surface area contributed by atoms with Gasteiger partial charge in [0.2, 0.25) is 0 Å². The number of nitrogens with zero attached hydrogens (tertiary/aromatic N) is 1. The molecule has 1 aliphatic heterocycles. The molecule has 22 heavy (non-hydrogen) atoms. The van der Waals surface area contributed by atoms with Crippen molar-refractivity contribution in [1.82, 2.24) is 15.2 Å². The summed E-state index contributed by atoms with van der Waals surface area (Å²) in [5.41, 5.74) is 2.20. The van der Waals surface area contributed by atoms with E-state index in [0.717, 1.165) is 35.9 Å². The van der Waals surface area contributed by atoms with Gasteiger partial charge in [-0.05, 0) is 36.6 Å². The van der Waals surface area contributed by atoms with Gasteiger partial charge in [0.15, 0.2) is 0 Å². The van der Waals surface area contributed by atoms with E-state index in [-0.39, 0.29) is 18.6 Å². The highest BCUT2D eigenvalue weighted by atomic mass is 35.5. The first-order valence-electron chi connectivity index (χ1n) is 7.56. The van der Waals surface area contributed by atoms with Crippen LogP contribution < -0.4 is 5.32 Å². The number of rotatable bonds is 4. The number of urea groups is 1. The Morgan fingerprint density at radius 2 is 2.36 bits per heavy atom. The summed E-state index contributed by atoms with van der Waals surface area (Å²) in [4.78, 5) is 17.0. The van der Waals surface area contributed by atoms with E-state index in [1.54, 1.807) is 4.90 Å². The molecule has 0 spiro atoms. The number of hydrogen-bond acceptors (Lipinski definition) is 2. The molecule has 1 aromatic carbocycles. The summed E-state index contributed by atoms with van der Waals surface area (Å²) in [5.74, 6) is 0.224. The first kappa shape index (κ1) is 15.2. The minimum Gasteiger partial charge on any atom is -0.396 e. The molecule has 0 aliphatic carbocycles. The molecule has 1 aliphatic rings. The van der Waals surface area contributed by atoms with Crippen molar-refractivity contribution in [2.24, 2.45) is 5.92 Å². The Hall–Kier alpha value is -1.72. The van der Waals surface area contributed by atoms with Gasteiger partial charge < -0.3 is 20.3 Å². The minimum absolute atomic E-state index is 0.0474. The van der Waals surface area contributed by atoms with Crippen LogP contribution in [0.15, 0.2) is 24.4 Å². The number of H-pyrrole nitrogens is 1. The van der Waals surface area contributed by atoms with Crippen molar-refractivity contribution in [3.63, 3.8) is 0 Å². The lowest BCUT2D eigenvalue weighted by molar-refractivity contribution is 0.198. The Bertz CT molecular complexity index is 670. The monoisotopic (exact) mass is 321 g/mol. The number of benzene rings is 1. The molecule has 0 bridgehead atoms. The van der Waals surface area contributed by atoms with Crippen molar-refractivity contribution >= 4 is 28.5 Å². The van der Waals surface area contributed by atoms with Crippen LogP contribution in [0.25, 0.3) is 10.9 Å². The van der Waals surface area contributed by atoms with E-state index >= 15 is 0 Å². The van der Waals surface area contributed by atoms with E-state index in [1.165, 1.54) is 0 Å². The van der Waals surface area contributed by atoms with Crippen LogP contribution in [0.3, 0.4) is 0 Å². The van der Waals surface area contributed by atoms with Crippen LogP contribution in [0.2, 0.25) is 5.02 Å². The average molecular weight is 322 g/mol. The third-order valence-corrected chi connectivity index (χ3v) is 4.47. The Labute approximate surface area is 134 Å². The van der Waals surface area contributed by atoms with E-state index in [1.807, 2.05) is 24.4 Å². The van der Waals surface area contributed by atoms with Crippen molar-refractivity contribution in [2.75, 3.05) is 26.2 Å². The molecule has 0 radical (unpaired) electrons. The molecule has 2 heterocycles. The van der Waals surface area contributed by atoms with Gasteiger partial charge in [0.1, 0.15) is 0 Å². The number of likely N-dealkylation sites (tertiary alicyclic amines) is 1. The van der Waals surface area contributed by atoms with E-state index in [2.05, 4.69) is 10.3 Å². The van der Waals surface area contributed by atoms with Crippen molar-refractivity contribution in [2.45, 2.75) is 12.8 Å². The van der Waals surface area contributed by atoms with Gasteiger partial charge in [0.25, 0.3) is 0 Å². The number of carbonyl (C=O) groups is 1. The molecule has 0 saturated carbocycles. The largest absolute Gasteiger partial charge is 0.396 e. The number of fused-ring (bicyclic) bond motifs is 1. The van der Waals surface area contributed by atoms with Gasteiger partial charge in [0.05, 0.1) is 0 Å². The second kappa shape index (κ2) is 6.58. The number of halogens is 1. The van der Waals surface area contributed by atoms with Crippen molar-refractivity contribution in [1.29, 1.82) is 0 Å². The zero-order chi connectivity index (χ0) is 15.5. The molecule has 1 atom stereocenters. The van der Waals surface area contributed by atoms with Crippen molar-refractivity contribution in [3.8, 4) is 0 Å². The second-order valence-corrected chi connectivity index (χ2v) is 6.21. The summed E-state index contributed by atoms with van der Waals surface area (Å²) in [6, 6.07) is 5.71. The lowest BCUT2D eigenvalue weighted by Gasteiger charge is -2.16. The van der Waals surface area contributed by atoms with Crippen molar-refractivity contribution in [3.05, 3.63) is 35.0 Å². The van der Waals surface area contributed by atoms with Gasteiger partial charge in [-0.15, -0.1) is 0 Å². The van der Waals surface area contributed by atoms with E-state index < -0.39 is 0 Å². The third kappa shape index (κ3) is 3.20. The topological polar surface area (TPSA) is 68.4 Å². The number of aromatic nitrogens is 1. The maximum absolute atomic E-state index is 12.1. The second-order valence-electron chi connectivity index (χ2n) is 5.77. The number of amides is 2. The van der Waals surface area contributed by atoms with Crippen LogP contribution in [-0.4, -0.2) is 47.3 Å². The normalized spacial score (nSPS) is 18.1. The Kier molecular flexibility index (Phi) is 4.55. The van der Waals surface area contributed by atoms with Gasteiger partial charge in [-0.1, -0.05) is 11.6 Å². The molecular formula is C16H20ClN3O2. The summed E-state index contributed by atoms with van der Waals surface area (Å²) in [6.07, 6.45) is 3.60. The molecule has 2 aromatic rings. The van der Waals surface area contributed by atoms with Gasteiger partial charge in [0, 0.05) is 54.3 Å². The fraction of sp³-hybridized carbons (Fsp3) is 0.438. The van der Waals surface area contributed by atoms with Crippen LogP contribution in [0.4, 0.5) is 4.79 Å². The van der Waals surface area contributed by atoms with Gasteiger partial charge >= 0.3 is 6.03 Å². The number of nitrogens with one attached hydrogen (secondary N) is 2. The van der Waals surface area contributed by atoms with Crippen LogP contribution in [-0.2, 0) is 6.42 Å².